The maximum absolute atomic E-state index is 12.2. The summed E-state index contributed by atoms with van der Waals surface area (Å²) in [5, 5.41) is 97.4. The highest BCUT2D eigenvalue weighted by Crippen LogP contribution is 2.76. The van der Waals surface area contributed by atoms with Crippen LogP contribution in [0.3, 0.4) is 0 Å². The van der Waals surface area contributed by atoms with Gasteiger partial charge in [-0.3, -0.25) is 0 Å². The van der Waals surface area contributed by atoms with Gasteiger partial charge in [-0.25, -0.2) is 0 Å². The van der Waals surface area contributed by atoms with Crippen LogP contribution in [0, 0.1) is 45.3 Å². The molecule has 10 unspecified atom stereocenters. The lowest BCUT2D eigenvalue weighted by molar-refractivity contribution is -0.378. The Morgan fingerprint density at radius 2 is 1.33 bits per heavy atom. The Morgan fingerprint density at radius 1 is 0.727 bits per heavy atom. The van der Waals surface area contributed by atoms with Gasteiger partial charge in [0.05, 0.1) is 31.0 Å². The topological polar surface area (TPSA) is 219 Å². The van der Waals surface area contributed by atoms with Crippen molar-refractivity contribution in [2.24, 2.45) is 45.3 Å². The third-order valence-electron chi connectivity index (χ3n) is 16.6. The summed E-state index contributed by atoms with van der Waals surface area (Å²) in [5.41, 5.74) is -0.405. The van der Waals surface area contributed by atoms with E-state index >= 15 is 0 Å². The number of hydrogen-bond acceptors (Lipinski definition) is 13. The van der Waals surface area contributed by atoms with Crippen LogP contribution in [0.4, 0.5) is 0 Å². The van der Waals surface area contributed by atoms with E-state index in [0.717, 1.165) is 38.5 Å². The summed E-state index contributed by atoms with van der Waals surface area (Å²) < 4.78 is 24.4. The molecule has 9 N–H and O–H groups in total. The molecule has 2 saturated heterocycles. The molecule has 0 aromatic rings. The number of ether oxygens (including phenoxy) is 4. The van der Waals surface area contributed by atoms with Gasteiger partial charge in [-0.1, -0.05) is 46.3 Å². The standard InChI is InChI=1S/C42H72O13/c1-21(2)10-9-14-42(8,51)22-11-16-41(7)29(22)23(45)18-27-39(5)15-13-28(38(3,4)26(39)12-17-40(27,41)6)54-37-35(33(49)31(47)25(20-44)53-37)55-36-34(50)32(48)30(46)24(19-43)52-36/h10,22-37,43-51H,9,11-20H2,1-8H3/t22?,23?,24-,25-,26?,27?,28?,29?,30-,31-,32+,33+,34-,35-,36+,37+,39?,40?,41?,42?/m1/s1. The summed E-state index contributed by atoms with van der Waals surface area (Å²) in [6, 6.07) is 0. The Bertz CT molecular complexity index is 1370. The van der Waals surface area contributed by atoms with Crippen LogP contribution < -0.4 is 0 Å². The molecule has 4 saturated carbocycles. The summed E-state index contributed by atoms with van der Waals surface area (Å²) in [6.45, 7) is 16.5. The van der Waals surface area contributed by atoms with Gasteiger partial charge in [0.1, 0.15) is 48.8 Å². The van der Waals surface area contributed by atoms with Gasteiger partial charge < -0.3 is 64.9 Å². The van der Waals surface area contributed by atoms with Crippen molar-refractivity contribution in [3.05, 3.63) is 11.6 Å². The van der Waals surface area contributed by atoms with Gasteiger partial charge >= 0.3 is 0 Å². The minimum absolute atomic E-state index is 0.00798. The monoisotopic (exact) mass is 784 g/mol. The minimum atomic E-state index is -1.75. The van der Waals surface area contributed by atoms with E-state index in [9.17, 15) is 46.0 Å². The molecule has 0 aromatic carbocycles. The van der Waals surface area contributed by atoms with Gasteiger partial charge in [0.15, 0.2) is 12.6 Å². The minimum Gasteiger partial charge on any atom is -0.394 e. The Balaban J connectivity index is 1.23. The van der Waals surface area contributed by atoms with E-state index in [2.05, 4.69) is 54.5 Å². The Morgan fingerprint density at radius 3 is 1.95 bits per heavy atom. The average Bonchev–Trinajstić information content (AvgIpc) is 3.50. The fourth-order valence-corrected chi connectivity index (χ4v) is 13.3. The zero-order valence-corrected chi connectivity index (χ0v) is 34.3. The maximum Gasteiger partial charge on any atom is 0.187 e. The first kappa shape index (κ1) is 43.8. The summed E-state index contributed by atoms with van der Waals surface area (Å²) >= 11 is 0. The first-order chi connectivity index (χ1) is 25.6. The molecule has 318 valence electrons. The van der Waals surface area contributed by atoms with Gasteiger partial charge in [0, 0.05) is 0 Å². The van der Waals surface area contributed by atoms with Crippen LogP contribution in [0.5, 0.6) is 0 Å². The van der Waals surface area contributed by atoms with Crippen LogP contribution >= 0.6 is 0 Å². The quantitative estimate of drug-likeness (QED) is 0.115. The summed E-state index contributed by atoms with van der Waals surface area (Å²) in [6.07, 6.45) is -6.48. The lowest BCUT2D eigenvalue weighted by atomic mass is 9.35. The van der Waals surface area contributed by atoms with Crippen LogP contribution in [0.15, 0.2) is 11.6 Å². The van der Waals surface area contributed by atoms with E-state index in [0.29, 0.717) is 19.3 Å². The smallest absolute Gasteiger partial charge is 0.187 e. The fraction of sp³-hybridized carbons (Fsp3) is 0.952. The molecular formula is C42H72O13. The van der Waals surface area contributed by atoms with Gasteiger partial charge in [-0.15, -0.1) is 0 Å². The second-order valence-corrected chi connectivity index (χ2v) is 20.1. The second-order valence-electron chi connectivity index (χ2n) is 20.1. The van der Waals surface area contributed by atoms with Gasteiger partial charge in [-0.05, 0) is 124 Å². The predicted molar refractivity (Wildman–Crippen MR) is 201 cm³/mol. The Labute approximate surface area is 327 Å². The van der Waals surface area contributed by atoms with Crippen molar-refractivity contribution >= 4 is 0 Å². The highest BCUT2D eigenvalue weighted by Gasteiger charge is 2.71. The number of aliphatic hydroxyl groups is 9. The molecule has 6 aliphatic rings. The molecule has 0 amide bonds. The highest BCUT2D eigenvalue weighted by molar-refractivity contribution is 5.20. The average molecular weight is 785 g/mol. The Kier molecular flexibility index (Phi) is 12.5. The molecule has 55 heavy (non-hydrogen) atoms. The van der Waals surface area contributed by atoms with Gasteiger partial charge in [0.25, 0.3) is 0 Å². The van der Waals surface area contributed by atoms with Crippen molar-refractivity contribution in [3.8, 4) is 0 Å². The molecule has 20 atom stereocenters. The fourth-order valence-electron chi connectivity index (χ4n) is 13.3. The number of rotatable bonds is 10. The SMILES string of the molecule is CC(C)=CCCC(C)(O)C1CCC2(C)C1C(O)CC1C3(C)CCC(O[C@@H]4O[C@H](CO)[C@@H](O)[C@H](O)[C@H]4O[C@@H]4O[C@H](CO)[C@@H](O)[C@H](O)[C@H]4O)C(C)(C)C3CCC12C. The van der Waals surface area contributed by atoms with Gasteiger partial charge in [0.2, 0.25) is 0 Å². The van der Waals surface area contributed by atoms with E-state index in [1.54, 1.807) is 0 Å². The summed E-state index contributed by atoms with van der Waals surface area (Å²) in [4.78, 5) is 0. The number of hydrogen-bond donors (Lipinski definition) is 9. The van der Waals surface area contributed by atoms with Crippen LogP contribution in [0.25, 0.3) is 0 Å². The third kappa shape index (κ3) is 7.20. The summed E-state index contributed by atoms with van der Waals surface area (Å²) in [5.74, 6) is 0.445. The molecule has 0 bridgehead atoms. The van der Waals surface area contributed by atoms with Crippen LogP contribution in [-0.4, -0.2) is 138 Å². The molecule has 0 aromatic heterocycles. The Hall–Kier alpha value is -0.780. The van der Waals surface area contributed by atoms with Gasteiger partial charge in [-0.2, -0.15) is 0 Å². The van der Waals surface area contributed by atoms with E-state index in [4.69, 9.17) is 18.9 Å². The van der Waals surface area contributed by atoms with E-state index in [-0.39, 0.29) is 39.9 Å². The summed E-state index contributed by atoms with van der Waals surface area (Å²) in [7, 11) is 0. The predicted octanol–water partition coefficient (Wildman–Crippen LogP) is 2.15. The van der Waals surface area contributed by atoms with Crippen molar-refractivity contribution in [1.82, 2.24) is 0 Å². The lowest BCUT2D eigenvalue weighted by Gasteiger charge is -2.70. The van der Waals surface area contributed by atoms with Crippen LogP contribution in [0.2, 0.25) is 0 Å². The lowest BCUT2D eigenvalue weighted by Crippen LogP contribution is -2.68. The normalized spacial score (nSPS) is 52.0. The molecule has 0 spiro atoms. The molecule has 13 nitrogen and oxygen atoms in total. The van der Waals surface area contributed by atoms with Crippen molar-refractivity contribution in [3.63, 3.8) is 0 Å². The third-order valence-corrected chi connectivity index (χ3v) is 16.6. The maximum atomic E-state index is 12.2. The van der Waals surface area contributed by atoms with Crippen molar-refractivity contribution in [2.75, 3.05) is 13.2 Å². The first-order valence-electron chi connectivity index (χ1n) is 20.9. The first-order valence-corrected chi connectivity index (χ1v) is 20.9. The molecular weight excluding hydrogens is 712 g/mol. The zero-order chi connectivity index (χ0) is 40.6. The zero-order valence-electron chi connectivity index (χ0n) is 34.3. The van der Waals surface area contributed by atoms with Crippen LogP contribution in [0.1, 0.15) is 113 Å². The van der Waals surface area contributed by atoms with E-state index in [1.165, 1.54) is 5.57 Å². The van der Waals surface area contributed by atoms with Crippen molar-refractivity contribution in [2.45, 2.75) is 192 Å². The molecule has 4 aliphatic carbocycles. The second kappa shape index (κ2) is 15.7. The number of fused-ring (bicyclic) bond motifs is 5. The van der Waals surface area contributed by atoms with Crippen LogP contribution in [-0.2, 0) is 18.9 Å². The molecule has 2 heterocycles. The number of allylic oxidation sites excluding steroid dienone is 2. The molecule has 6 rings (SSSR count). The largest absolute Gasteiger partial charge is 0.394 e. The highest BCUT2D eigenvalue weighted by atomic mass is 16.8. The van der Waals surface area contributed by atoms with E-state index in [1.807, 2.05) is 6.92 Å². The van der Waals surface area contributed by atoms with Crippen molar-refractivity contribution in [1.29, 1.82) is 0 Å². The molecule has 2 aliphatic heterocycles. The van der Waals surface area contributed by atoms with E-state index < -0.39 is 97.8 Å². The molecule has 13 heteroatoms. The number of aliphatic hydroxyl groups excluding tert-OH is 8. The molecule has 6 fully saturated rings. The molecule has 0 radical (unpaired) electrons. The van der Waals surface area contributed by atoms with Crippen molar-refractivity contribution < 1.29 is 64.9 Å².